The second-order valence-electron chi connectivity index (χ2n) is 10.00. The summed E-state index contributed by atoms with van der Waals surface area (Å²) in [6.45, 7) is 18.6. The van der Waals surface area contributed by atoms with Crippen LogP contribution in [0.2, 0.25) is 0 Å². The number of hydrogen-bond acceptors (Lipinski definition) is 4. The third-order valence-corrected chi connectivity index (χ3v) is 7.86. The zero-order chi connectivity index (χ0) is 22.1. The molecule has 0 aromatic rings. The van der Waals surface area contributed by atoms with Gasteiger partial charge in [0.25, 0.3) is 0 Å². The van der Waals surface area contributed by atoms with E-state index >= 15 is 0 Å². The van der Waals surface area contributed by atoms with Crippen molar-refractivity contribution in [1.29, 1.82) is 0 Å². The van der Waals surface area contributed by atoms with Crippen LogP contribution >= 0.6 is 77.3 Å². The molecule has 2 aliphatic rings. The summed E-state index contributed by atoms with van der Waals surface area (Å²) in [5.74, 6) is 2.78. The number of halogens is 3. The molecule has 4 radical (unpaired) electrons. The molecule has 0 bridgehead atoms. The molecular weight excluding hydrogens is 1100 g/mol. The van der Waals surface area contributed by atoms with Crippen molar-refractivity contribution in [1.82, 2.24) is 0 Å². The SMILES string of the molecule is CC1CC(CO[PH](C)=O)CC1(C)C.CC1CC(CO[PH](C)=O)CC1(C)C.I.II.[Y].[Y].[Y].[Y]. The van der Waals surface area contributed by atoms with E-state index in [0.29, 0.717) is 35.9 Å². The maximum absolute atomic E-state index is 10.8. The number of rotatable bonds is 6. The van der Waals surface area contributed by atoms with Crippen LogP contribution in [0.4, 0.5) is 0 Å². The first-order valence-electron chi connectivity index (χ1n) is 10.2. The molecule has 33 heavy (non-hydrogen) atoms. The Hall–Kier alpha value is 6.99. The van der Waals surface area contributed by atoms with Crippen LogP contribution in [0.25, 0.3) is 0 Å². The Balaban J connectivity index is -0.0000000899. The van der Waals surface area contributed by atoms with Crippen LogP contribution in [0.1, 0.15) is 67.2 Å². The summed E-state index contributed by atoms with van der Waals surface area (Å²) >= 11 is 4.24. The molecule has 0 aromatic carbocycles. The Morgan fingerprint density at radius 2 is 0.970 bits per heavy atom. The Kier molecular flexibility index (Phi) is 44.3. The molecule has 0 spiro atoms. The normalized spacial score (nSPS) is 27.6. The third-order valence-electron chi connectivity index (χ3n) is 6.72. The summed E-state index contributed by atoms with van der Waals surface area (Å²) in [6, 6.07) is 0. The quantitative estimate of drug-likeness (QED) is 0.198. The van der Waals surface area contributed by atoms with E-state index in [1.807, 2.05) is 0 Å². The van der Waals surface area contributed by atoms with Gasteiger partial charge in [0.05, 0.1) is 13.2 Å². The molecule has 6 atom stereocenters. The van der Waals surface area contributed by atoms with Gasteiger partial charge in [-0.2, -0.15) is 0 Å². The van der Waals surface area contributed by atoms with Crippen molar-refractivity contribution < 1.29 is 149 Å². The summed E-state index contributed by atoms with van der Waals surface area (Å²) in [6.07, 6.45) is 4.87. The second kappa shape index (κ2) is 27.8. The molecule has 2 aliphatic carbocycles. The van der Waals surface area contributed by atoms with E-state index in [2.05, 4.69) is 78.8 Å². The summed E-state index contributed by atoms with van der Waals surface area (Å²) in [5.41, 5.74) is 0.884. The van der Waals surface area contributed by atoms with Crippen molar-refractivity contribution in [2.45, 2.75) is 67.2 Å². The maximum atomic E-state index is 10.8. The van der Waals surface area contributed by atoms with Crippen molar-refractivity contribution in [2.75, 3.05) is 26.5 Å². The van der Waals surface area contributed by atoms with Crippen LogP contribution < -0.4 is 0 Å². The van der Waals surface area contributed by atoms with Crippen LogP contribution in [-0.4, -0.2) is 26.5 Å². The van der Waals surface area contributed by atoms with Crippen molar-refractivity contribution in [3.8, 4) is 0 Å². The largest absolute Gasteiger partial charge is 0.330 e. The van der Waals surface area contributed by atoms with Crippen LogP contribution in [0.5, 0.6) is 0 Å². The van der Waals surface area contributed by atoms with Gasteiger partial charge in [0.15, 0.2) is 16.1 Å². The zero-order valence-electron chi connectivity index (χ0n) is 21.7. The van der Waals surface area contributed by atoms with Gasteiger partial charge < -0.3 is 9.05 Å². The second-order valence-corrected chi connectivity index (χ2v) is 12.5. The molecule has 6 unspecified atom stereocenters. The molecule has 2 saturated carbocycles. The summed E-state index contributed by atoms with van der Waals surface area (Å²) in [4.78, 5) is 0. The molecule has 13 heteroatoms. The van der Waals surface area contributed by atoms with E-state index in [1.54, 1.807) is 13.3 Å². The zero-order valence-corrected chi connectivity index (χ0v) is 41.7. The fourth-order valence-electron chi connectivity index (χ4n) is 4.42. The Bertz CT molecular complexity index is 478. The van der Waals surface area contributed by atoms with Gasteiger partial charge in [0.2, 0.25) is 0 Å². The first-order chi connectivity index (χ1) is 12.8. The smallest absolute Gasteiger partial charge is 0.188 e. The standard InChI is InChI=1S/2C10H21O2P.I2.HI.4Y/c2*1-8-5-9(6-10(8,2)3)7-12-13(4)11;1-2;;;;;/h2*8-9,13H,5-7H2,1-4H3;;1H;;;;. The predicted molar refractivity (Wildman–Crippen MR) is 157 cm³/mol. The van der Waals surface area contributed by atoms with Crippen molar-refractivity contribution >= 4 is 77.3 Å². The first kappa shape index (κ1) is 52.6. The van der Waals surface area contributed by atoms with E-state index < -0.39 is 16.1 Å². The molecular formula is C20H43I3O4P2Y4. The fourth-order valence-corrected chi connectivity index (χ4v) is 5.36. The Labute approximate surface area is 347 Å². The molecule has 0 N–H and O–H groups in total. The molecule has 0 heterocycles. The molecule has 4 nitrogen and oxygen atoms in total. The molecule has 0 amide bonds. The molecule has 0 aromatic heterocycles. The van der Waals surface area contributed by atoms with Gasteiger partial charge in [-0.05, 0) is 60.2 Å². The minimum absolute atomic E-state index is 0. The van der Waals surface area contributed by atoms with Gasteiger partial charge in [-0.25, -0.2) is 0 Å². The molecule has 0 saturated heterocycles. The van der Waals surface area contributed by atoms with Gasteiger partial charge >= 0.3 is 0 Å². The van der Waals surface area contributed by atoms with E-state index in [9.17, 15) is 9.13 Å². The van der Waals surface area contributed by atoms with Crippen LogP contribution in [0, 0.1) is 34.5 Å². The minimum atomic E-state index is -1.73. The average Bonchev–Trinajstić information content (AvgIpc) is 3.00. The van der Waals surface area contributed by atoms with Gasteiger partial charge in [0.1, 0.15) is 0 Å². The van der Waals surface area contributed by atoms with E-state index in [1.165, 1.54) is 25.7 Å². The number of hydrogen-bond donors (Lipinski definition) is 0. The van der Waals surface area contributed by atoms with Crippen molar-refractivity contribution in [2.24, 2.45) is 34.5 Å². The van der Waals surface area contributed by atoms with E-state index in [4.69, 9.17) is 9.05 Å². The molecule has 2 rings (SSSR count). The van der Waals surface area contributed by atoms with Gasteiger partial charge in [0, 0.05) is 181 Å². The van der Waals surface area contributed by atoms with Crippen LogP contribution in [0.15, 0.2) is 0 Å². The average molecular weight is 1150 g/mol. The van der Waals surface area contributed by atoms with Crippen molar-refractivity contribution in [3.63, 3.8) is 0 Å². The van der Waals surface area contributed by atoms with Crippen LogP contribution in [0.3, 0.4) is 0 Å². The Morgan fingerprint density at radius 3 is 1.12 bits per heavy atom. The van der Waals surface area contributed by atoms with Gasteiger partial charge in [-0.3, -0.25) is 9.13 Å². The topological polar surface area (TPSA) is 52.6 Å². The monoisotopic (exact) mass is 1150 g/mol. The van der Waals surface area contributed by atoms with Crippen LogP contribution in [-0.2, 0) is 149 Å². The maximum Gasteiger partial charge on any atom is 0.188 e. The summed E-state index contributed by atoms with van der Waals surface area (Å²) < 4.78 is 32.0. The summed E-state index contributed by atoms with van der Waals surface area (Å²) in [7, 11) is -3.45. The van der Waals surface area contributed by atoms with Gasteiger partial charge in [-0.1, -0.05) is 41.5 Å². The molecule has 2 fully saturated rings. The molecule has 190 valence electrons. The van der Waals surface area contributed by atoms with E-state index in [0.717, 1.165) is 11.8 Å². The van der Waals surface area contributed by atoms with Crippen molar-refractivity contribution in [3.05, 3.63) is 0 Å². The van der Waals surface area contributed by atoms with E-state index in [-0.39, 0.29) is 155 Å². The summed E-state index contributed by atoms with van der Waals surface area (Å²) in [5, 5.41) is 0. The van der Waals surface area contributed by atoms with Gasteiger partial charge in [-0.15, -0.1) is 24.0 Å². The third kappa shape index (κ3) is 24.2. The Morgan fingerprint density at radius 1 is 0.727 bits per heavy atom. The fraction of sp³-hybridized carbons (Fsp3) is 1.00. The first-order valence-corrected chi connectivity index (χ1v) is 20.2. The minimum Gasteiger partial charge on any atom is -0.330 e. The molecule has 0 aliphatic heterocycles. The predicted octanol–water partition coefficient (Wildman–Crippen LogP) is 8.74.